The summed E-state index contributed by atoms with van der Waals surface area (Å²) in [6, 6.07) is 64.8. The molecule has 0 bridgehead atoms. The first-order valence-electron chi connectivity index (χ1n) is 18.0. The van der Waals surface area contributed by atoms with Gasteiger partial charge in [0.05, 0.1) is 21.5 Å². The lowest BCUT2D eigenvalue weighted by molar-refractivity contribution is 0.768. The molecule has 1 aromatic heterocycles. The first kappa shape index (κ1) is 30.6. The van der Waals surface area contributed by atoms with Crippen molar-refractivity contribution >= 4 is 48.5 Å². The fraction of sp³-hybridized carbons (Fsp3) is 0.0400. The molecule has 0 saturated carbocycles. The van der Waals surface area contributed by atoms with Gasteiger partial charge in [-0.05, 0) is 75.7 Å². The van der Waals surface area contributed by atoms with Gasteiger partial charge in [0.1, 0.15) is 0 Å². The van der Waals surface area contributed by atoms with Gasteiger partial charge in [-0.2, -0.15) is 0 Å². The molecule has 10 rings (SSSR count). The highest BCUT2D eigenvalue weighted by molar-refractivity contribution is 7.26. The van der Waals surface area contributed by atoms with E-state index in [0.29, 0.717) is 0 Å². The van der Waals surface area contributed by atoms with Crippen molar-refractivity contribution in [2.24, 2.45) is 0 Å². The Hall–Kier alpha value is -6.22. The summed E-state index contributed by atoms with van der Waals surface area (Å²) >= 11 is 1.88. The smallest absolute Gasteiger partial charge is 0.0714 e. The highest BCUT2D eigenvalue weighted by Gasteiger charge is 2.46. The number of hydrogen-bond acceptors (Lipinski definition) is 2. The molecule has 0 saturated heterocycles. The van der Waals surface area contributed by atoms with Crippen molar-refractivity contribution in [1.29, 1.82) is 0 Å². The average molecular weight is 682 g/mol. The van der Waals surface area contributed by atoms with Crippen LogP contribution in [0.1, 0.15) is 34.2 Å². The lowest BCUT2D eigenvalue weighted by atomic mass is 9.67. The van der Waals surface area contributed by atoms with E-state index in [-0.39, 0.29) is 0 Å². The van der Waals surface area contributed by atoms with E-state index in [9.17, 15) is 0 Å². The van der Waals surface area contributed by atoms with Crippen molar-refractivity contribution in [2.45, 2.75) is 11.8 Å². The van der Waals surface area contributed by atoms with E-state index in [2.05, 4.69) is 205 Å². The quantitative estimate of drug-likeness (QED) is 0.169. The first-order valence-corrected chi connectivity index (χ1v) is 18.8. The fourth-order valence-electron chi connectivity index (χ4n) is 8.58. The van der Waals surface area contributed by atoms with E-state index >= 15 is 0 Å². The number of anilines is 2. The molecule has 0 atom stereocenters. The molecule has 0 N–H and O–H groups in total. The molecule has 8 aromatic rings. The first-order chi connectivity index (χ1) is 25.8. The number of nitrogens with zero attached hydrogens (tertiary/aromatic N) is 1. The Morgan fingerprint density at radius 2 is 1.19 bits per heavy atom. The molecule has 2 heteroatoms. The average Bonchev–Trinajstić information content (AvgIpc) is 3.63. The van der Waals surface area contributed by atoms with E-state index in [4.69, 9.17) is 0 Å². The fourth-order valence-corrected chi connectivity index (χ4v) is 9.79. The second-order valence-corrected chi connectivity index (χ2v) is 14.6. The number of rotatable bonds is 6. The molecule has 52 heavy (non-hydrogen) atoms. The normalized spacial score (nSPS) is 14.4. The predicted octanol–water partition coefficient (Wildman–Crippen LogP) is 13.5. The summed E-state index contributed by atoms with van der Waals surface area (Å²) in [5, 5.41) is 2.59. The van der Waals surface area contributed by atoms with Crippen molar-refractivity contribution in [3.8, 4) is 11.1 Å². The van der Waals surface area contributed by atoms with E-state index < -0.39 is 5.41 Å². The van der Waals surface area contributed by atoms with Gasteiger partial charge in [-0.1, -0.05) is 170 Å². The van der Waals surface area contributed by atoms with Gasteiger partial charge in [0, 0.05) is 26.7 Å². The maximum absolute atomic E-state index is 2.52. The highest BCUT2D eigenvalue weighted by Crippen LogP contribution is 2.57. The summed E-state index contributed by atoms with van der Waals surface area (Å²) in [6.45, 7) is 0. The van der Waals surface area contributed by atoms with Gasteiger partial charge < -0.3 is 4.90 Å². The molecule has 0 aliphatic heterocycles. The summed E-state index contributed by atoms with van der Waals surface area (Å²) < 4.78 is 2.58. The second-order valence-electron chi connectivity index (χ2n) is 13.5. The lowest BCUT2D eigenvalue weighted by Crippen LogP contribution is -2.29. The van der Waals surface area contributed by atoms with Crippen molar-refractivity contribution in [3.05, 3.63) is 234 Å². The zero-order valence-corrected chi connectivity index (χ0v) is 29.4. The molecule has 246 valence electrons. The molecule has 0 unspecified atom stereocenters. The van der Waals surface area contributed by atoms with Crippen LogP contribution in [-0.2, 0) is 5.41 Å². The Bertz CT molecular complexity index is 2660. The molecule has 0 radical (unpaired) electrons. The Balaban J connectivity index is 1.29. The number of hydrogen-bond donors (Lipinski definition) is 0. The van der Waals surface area contributed by atoms with E-state index in [1.54, 1.807) is 0 Å². The topological polar surface area (TPSA) is 3.24 Å². The predicted molar refractivity (Wildman–Crippen MR) is 221 cm³/mol. The molecular formula is C50H35NS. The lowest BCUT2D eigenvalue weighted by Gasteiger charge is -2.35. The zero-order chi connectivity index (χ0) is 34.5. The number of thiophene rings is 1. The minimum absolute atomic E-state index is 0.490. The largest absolute Gasteiger partial charge is 0.308 e. The third kappa shape index (κ3) is 4.68. The van der Waals surface area contributed by atoms with Gasteiger partial charge in [-0.3, -0.25) is 0 Å². The zero-order valence-electron chi connectivity index (χ0n) is 28.6. The SMILES string of the molecule is C1=CCC=C(c2ccccc2)C(N(c2ccc3c(c2)C(c2ccccc2)(c2ccccc2)c2ccccc2-3)c2cccc3c2sc2ccccc23)=C1. The second kappa shape index (κ2) is 12.5. The third-order valence-corrected chi connectivity index (χ3v) is 12.0. The molecule has 1 heterocycles. The molecular weight excluding hydrogens is 647 g/mol. The van der Waals surface area contributed by atoms with Crippen LogP contribution in [0.4, 0.5) is 11.4 Å². The van der Waals surface area contributed by atoms with Gasteiger partial charge in [-0.15, -0.1) is 11.3 Å². The van der Waals surface area contributed by atoms with Crippen LogP contribution >= 0.6 is 11.3 Å². The summed E-state index contributed by atoms with van der Waals surface area (Å²) in [5.41, 5.74) is 13.1. The van der Waals surface area contributed by atoms with Gasteiger partial charge in [-0.25, -0.2) is 0 Å². The molecule has 2 aliphatic carbocycles. The van der Waals surface area contributed by atoms with Crippen LogP contribution < -0.4 is 4.90 Å². The van der Waals surface area contributed by atoms with Crippen molar-refractivity contribution in [2.75, 3.05) is 4.90 Å². The highest BCUT2D eigenvalue weighted by atomic mass is 32.1. The van der Waals surface area contributed by atoms with E-state index in [1.807, 2.05) is 11.3 Å². The standard InChI is InChI=1S/C50H35NS/c1-5-18-35(19-6-1)39-24-11-4-12-29-46(39)51(47-30-17-27-43-42-26-14-16-31-48(42)52-49(43)47)38-32-33-41-40-25-13-15-28-44(40)50(45(41)34-38,36-20-7-2-8-21-36)37-22-9-3-10-23-37/h1-10,12-34H,11H2. The Morgan fingerprint density at radius 1 is 0.538 bits per heavy atom. The Labute approximate surface area is 308 Å². The Morgan fingerprint density at radius 3 is 1.98 bits per heavy atom. The Kier molecular flexibility index (Phi) is 7.37. The minimum Gasteiger partial charge on any atom is -0.308 e. The molecule has 0 amide bonds. The molecule has 2 aliphatic rings. The maximum Gasteiger partial charge on any atom is 0.0714 e. The molecule has 7 aromatic carbocycles. The van der Waals surface area contributed by atoms with Crippen LogP contribution in [-0.4, -0.2) is 0 Å². The van der Waals surface area contributed by atoms with E-state index in [1.165, 1.54) is 70.4 Å². The van der Waals surface area contributed by atoms with Crippen molar-refractivity contribution < 1.29 is 0 Å². The summed E-state index contributed by atoms with van der Waals surface area (Å²) in [4.78, 5) is 2.52. The number of benzene rings is 7. The minimum atomic E-state index is -0.490. The van der Waals surface area contributed by atoms with Gasteiger partial charge in [0.2, 0.25) is 0 Å². The summed E-state index contributed by atoms with van der Waals surface area (Å²) in [7, 11) is 0. The molecule has 1 nitrogen and oxygen atoms in total. The van der Waals surface area contributed by atoms with Crippen LogP contribution in [0, 0.1) is 0 Å². The molecule has 0 fully saturated rings. The third-order valence-electron chi connectivity index (χ3n) is 10.8. The van der Waals surface area contributed by atoms with E-state index in [0.717, 1.165) is 17.8 Å². The monoisotopic (exact) mass is 681 g/mol. The maximum atomic E-state index is 2.52. The van der Waals surface area contributed by atoms with Gasteiger partial charge in [0.15, 0.2) is 0 Å². The summed E-state index contributed by atoms with van der Waals surface area (Å²) in [6.07, 6.45) is 10.0. The number of fused-ring (bicyclic) bond motifs is 6. The van der Waals surface area contributed by atoms with Crippen LogP contribution in [0.2, 0.25) is 0 Å². The van der Waals surface area contributed by atoms with Crippen LogP contribution in [0.3, 0.4) is 0 Å². The van der Waals surface area contributed by atoms with Crippen LogP contribution in [0.25, 0.3) is 36.9 Å². The molecule has 0 spiro atoms. The van der Waals surface area contributed by atoms with Crippen LogP contribution in [0.5, 0.6) is 0 Å². The van der Waals surface area contributed by atoms with Crippen molar-refractivity contribution in [1.82, 2.24) is 0 Å². The summed E-state index contributed by atoms with van der Waals surface area (Å²) in [5.74, 6) is 0. The van der Waals surface area contributed by atoms with Gasteiger partial charge in [0.25, 0.3) is 0 Å². The van der Waals surface area contributed by atoms with Crippen molar-refractivity contribution in [3.63, 3.8) is 0 Å². The van der Waals surface area contributed by atoms with Crippen LogP contribution in [0.15, 0.2) is 206 Å². The number of allylic oxidation sites excluding steroid dienone is 5. The van der Waals surface area contributed by atoms with Gasteiger partial charge >= 0.3 is 0 Å².